The molecule has 0 unspecified atom stereocenters. The van der Waals surface area contributed by atoms with Gasteiger partial charge in [0, 0.05) is 19.5 Å². The molecule has 2 aliphatic rings. The van der Waals surface area contributed by atoms with E-state index in [4.69, 9.17) is 11.6 Å². The van der Waals surface area contributed by atoms with Crippen molar-refractivity contribution < 1.29 is 22.8 Å². The fourth-order valence-electron chi connectivity index (χ4n) is 3.49. The van der Waals surface area contributed by atoms with Crippen molar-refractivity contribution in [2.45, 2.75) is 25.7 Å². The SMILES string of the molecule is O=C1NC(=O)C(N2CCc3ncn(Cc4ccccc4C(F)(F)F)c3C2)=C1Cl. The van der Waals surface area contributed by atoms with Crippen LogP contribution in [-0.2, 0) is 35.3 Å². The van der Waals surface area contributed by atoms with Crippen molar-refractivity contribution in [2.75, 3.05) is 6.54 Å². The Balaban J connectivity index is 1.65. The molecule has 3 heterocycles. The first-order chi connectivity index (χ1) is 13.3. The molecule has 2 aromatic rings. The average molecular weight is 411 g/mol. The third-order valence-electron chi connectivity index (χ3n) is 4.82. The Morgan fingerprint density at radius 2 is 1.93 bits per heavy atom. The standard InChI is InChI=1S/C18H14ClF3N4O2/c19-14-15(17(28)24-16(14)27)25-6-5-12-13(8-25)26(9-23-12)7-10-3-1-2-4-11(10)18(20,21)22/h1-4,9H,5-8H2,(H,24,27,28). The highest BCUT2D eigenvalue weighted by Crippen LogP contribution is 2.33. The van der Waals surface area contributed by atoms with Gasteiger partial charge < -0.3 is 9.47 Å². The first kappa shape index (κ1) is 18.5. The van der Waals surface area contributed by atoms with Crippen LogP contribution in [0.3, 0.4) is 0 Å². The molecule has 2 aliphatic heterocycles. The first-order valence-corrected chi connectivity index (χ1v) is 8.82. The number of alkyl halides is 3. The van der Waals surface area contributed by atoms with E-state index in [2.05, 4.69) is 10.3 Å². The number of halogens is 4. The van der Waals surface area contributed by atoms with Crippen LogP contribution in [0.1, 0.15) is 22.5 Å². The van der Waals surface area contributed by atoms with E-state index in [1.54, 1.807) is 15.5 Å². The number of aromatic nitrogens is 2. The largest absolute Gasteiger partial charge is 0.416 e. The van der Waals surface area contributed by atoms with E-state index in [-0.39, 0.29) is 29.4 Å². The Morgan fingerprint density at radius 3 is 2.61 bits per heavy atom. The lowest BCUT2D eigenvalue weighted by atomic mass is 10.1. The molecular weight excluding hydrogens is 397 g/mol. The van der Waals surface area contributed by atoms with Gasteiger partial charge in [-0.3, -0.25) is 14.9 Å². The summed E-state index contributed by atoms with van der Waals surface area (Å²) in [6, 6.07) is 5.38. The fourth-order valence-corrected chi connectivity index (χ4v) is 3.75. The van der Waals surface area contributed by atoms with Gasteiger partial charge in [0.1, 0.15) is 10.7 Å². The number of fused-ring (bicyclic) bond motifs is 1. The second-order valence-corrected chi connectivity index (χ2v) is 6.92. The molecule has 4 rings (SSSR count). The van der Waals surface area contributed by atoms with Gasteiger partial charge in [-0.1, -0.05) is 29.8 Å². The lowest BCUT2D eigenvalue weighted by Crippen LogP contribution is -2.35. The van der Waals surface area contributed by atoms with Gasteiger partial charge in [-0.2, -0.15) is 13.2 Å². The minimum atomic E-state index is -4.45. The molecule has 0 bridgehead atoms. The van der Waals surface area contributed by atoms with E-state index in [1.165, 1.54) is 18.5 Å². The Morgan fingerprint density at radius 1 is 1.18 bits per heavy atom. The summed E-state index contributed by atoms with van der Waals surface area (Å²) in [5, 5.41) is 1.96. The van der Waals surface area contributed by atoms with Gasteiger partial charge in [0.25, 0.3) is 11.8 Å². The number of carbonyl (C=O) groups is 2. The Labute approximate surface area is 162 Å². The fraction of sp³-hybridized carbons (Fsp3) is 0.278. The van der Waals surface area contributed by atoms with E-state index in [0.29, 0.717) is 18.7 Å². The predicted molar refractivity (Wildman–Crippen MR) is 92.9 cm³/mol. The van der Waals surface area contributed by atoms with Crippen LogP contribution in [0.25, 0.3) is 0 Å². The van der Waals surface area contributed by atoms with E-state index in [1.807, 2.05) is 0 Å². The second kappa shape index (κ2) is 6.66. The van der Waals surface area contributed by atoms with Gasteiger partial charge in [-0.15, -0.1) is 0 Å². The summed E-state index contributed by atoms with van der Waals surface area (Å²) in [5.74, 6) is -1.23. The van der Waals surface area contributed by atoms with Crippen molar-refractivity contribution in [1.82, 2.24) is 19.8 Å². The molecule has 28 heavy (non-hydrogen) atoms. The summed E-state index contributed by atoms with van der Waals surface area (Å²) in [5.41, 5.74) is 0.949. The molecule has 0 saturated carbocycles. The van der Waals surface area contributed by atoms with Crippen LogP contribution in [0.15, 0.2) is 41.3 Å². The summed E-state index contributed by atoms with van der Waals surface area (Å²) >= 11 is 5.96. The van der Waals surface area contributed by atoms with Gasteiger partial charge in [0.15, 0.2) is 0 Å². The predicted octanol–water partition coefficient (Wildman–Crippen LogP) is 2.42. The molecule has 1 aromatic heterocycles. The van der Waals surface area contributed by atoms with E-state index in [0.717, 1.165) is 11.8 Å². The molecule has 0 aliphatic carbocycles. The van der Waals surface area contributed by atoms with Crippen molar-refractivity contribution in [3.63, 3.8) is 0 Å². The lowest BCUT2D eigenvalue weighted by molar-refractivity contribution is -0.138. The number of imidazole rings is 1. The van der Waals surface area contributed by atoms with Crippen LogP contribution < -0.4 is 5.32 Å². The topological polar surface area (TPSA) is 67.2 Å². The quantitative estimate of drug-likeness (QED) is 0.789. The second-order valence-electron chi connectivity index (χ2n) is 6.54. The molecule has 146 valence electrons. The summed E-state index contributed by atoms with van der Waals surface area (Å²) in [6.07, 6.45) is -2.47. The maximum Gasteiger partial charge on any atom is 0.416 e. The summed E-state index contributed by atoms with van der Waals surface area (Å²) in [4.78, 5) is 29.6. The van der Waals surface area contributed by atoms with Crippen molar-refractivity contribution in [3.8, 4) is 0 Å². The Bertz CT molecular complexity index is 1010. The lowest BCUT2D eigenvalue weighted by Gasteiger charge is -2.29. The van der Waals surface area contributed by atoms with Crippen molar-refractivity contribution in [1.29, 1.82) is 0 Å². The molecule has 0 spiro atoms. The zero-order valence-corrected chi connectivity index (χ0v) is 15.1. The Hall–Kier alpha value is -2.81. The van der Waals surface area contributed by atoms with Gasteiger partial charge in [0.2, 0.25) is 0 Å². The first-order valence-electron chi connectivity index (χ1n) is 8.44. The summed E-state index contributed by atoms with van der Waals surface area (Å²) in [7, 11) is 0. The number of nitrogens with one attached hydrogen (secondary N) is 1. The average Bonchev–Trinajstić information content (AvgIpc) is 3.14. The summed E-state index contributed by atoms with van der Waals surface area (Å²) in [6.45, 7) is 0.634. The van der Waals surface area contributed by atoms with Crippen LogP contribution in [0, 0.1) is 0 Å². The molecule has 1 aromatic carbocycles. The van der Waals surface area contributed by atoms with Crippen LogP contribution in [0.2, 0.25) is 0 Å². The van der Waals surface area contributed by atoms with E-state index >= 15 is 0 Å². The maximum atomic E-state index is 13.3. The molecule has 0 fully saturated rings. The van der Waals surface area contributed by atoms with Crippen molar-refractivity contribution in [3.05, 3.63) is 63.8 Å². The molecule has 0 saturated heterocycles. The Kier molecular flexibility index (Phi) is 4.41. The van der Waals surface area contributed by atoms with Crippen LogP contribution >= 0.6 is 11.6 Å². The number of hydrogen-bond donors (Lipinski definition) is 1. The third kappa shape index (κ3) is 3.15. The van der Waals surface area contributed by atoms with Gasteiger partial charge in [-0.05, 0) is 11.6 Å². The molecule has 0 atom stereocenters. The number of amides is 2. The van der Waals surface area contributed by atoms with Crippen LogP contribution in [0.5, 0.6) is 0 Å². The third-order valence-corrected chi connectivity index (χ3v) is 5.17. The van der Waals surface area contributed by atoms with Crippen LogP contribution in [-0.4, -0.2) is 32.8 Å². The number of rotatable bonds is 3. The highest BCUT2D eigenvalue weighted by Gasteiger charge is 2.36. The monoisotopic (exact) mass is 410 g/mol. The molecule has 1 N–H and O–H groups in total. The molecule has 6 nitrogen and oxygen atoms in total. The highest BCUT2D eigenvalue weighted by molar-refractivity contribution is 6.47. The van der Waals surface area contributed by atoms with Gasteiger partial charge in [-0.25, -0.2) is 4.98 Å². The van der Waals surface area contributed by atoms with Crippen LogP contribution in [0.4, 0.5) is 13.2 Å². The number of benzene rings is 1. The number of hydrogen-bond acceptors (Lipinski definition) is 4. The summed E-state index contributed by atoms with van der Waals surface area (Å²) < 4.78 is 41.5. The van der Waals surface area contributed by atoms with E-state index in [9.17, 15) is 22.8 Å². The molecule has 10 heteroatoms. The number of carbonyl (C=O) groups excluding carboxylic acids is 2. The van der Waals surface area contributed by atoms with Crippen molar-refractivity contribution >= 4 is 23.4 Å². The van der Waals surface area contributed by atoms with Gasteiger partial charge >= 0.3 is 6.18 Å². The number of nitrogens with zero attached hydrogens (tertiary/aromatic N) is 3. The maximum absolute atomic E-state index is 13.3. The van der Waals surface area contributed by atoms with Gasteiger partial charge in [0.05, 0.1) is 29.8 Å². The smallest absolute Gasteiger partial charge is 0.359 e. The van der Waals surface area contributed by atoms with E-state index < -0.39 is 23.6 Å². The zero-order valence-electron chi connectivity index (χ0n) is 14.4. The highest BCUT2D eigenvalue weighted by atomic mass is 35.5. The zero-order chi connectivity index (χ0) is 20.1. The van der Waals surface area contributed by atoms with Crippen molar-refractivity contribution in [2.24, 2.45) is 0 Å². The molecule has 2 amide bonds. The minimum Gasteiger partial charge on any atom is -0.359 e. The minimum absolute atomic E-state index is 0.0102. The normalized spacial score (nSPS) is 17.2. The molecule has 0 radical (unpaired) electrons. The number of imide groups is 1. The molecular formula is C18H14ClF3N4O2.